The first-order valence-electron chi connectivity index (χ1n) is 11.3. The normalized spacial score (nSPS) is 12.1. The second-order valence-corrected chi connectivity index (χ2v) is 7.57. The highest BCUT2D eigenvalue weighted by Crippen LogP contribution is 2.33. The van der Waals surface area contributed by atoms with Gasteiger partial charge < -0.3 is 4.90 Å². The van der Waals surface area contributed by atoms with Gasteiger partial charge in [0.05, 0.1) is 0 Å². The summed E-state index contributed by atoms with van der Waals surface area (Å²) in [5, 5.41) is 0. The Bertz CT molecular complexity index is 1220. The molecule has 1 nitrogen and oxygen atoms in total. The molecular formula is C33H31N. The van der Waals surface area contributed by atoms with Crippen LogP contribution in [-0.2, 0) is 0 Å². The Morgan fingerprint density at radius 1 is 0.676 bits per heavy atom. The summed E-state index contributed by atoms with van der Waals surface area (Å²) in [6, 6.07) is 27.5. The lowest BCUT2D eigenvalue weighted by molar-refractivity contribution is 1.21. The minimum atomic E-state index is 0.966. The van der Waals surface area contributed by atoms with Gasteiger partial charge >= 0.3 is 0 Å². The highest BCUT2D eigenvalue weighted by atomic mass is 15.1. The van der Waals surface area contributed by atoms with Crippen molar-refractivity contribution in [3.05, 3.63) is 165 Å². The fourth-order valence-corrected chi connectivity index (χ4v) is 3.70. The van der Waals surface area contributed by atoms with Gasteiger partial charge in [-0.15, -0.1) is 0 Å². The van der Waals surface area contributed by atoms with E-state index in [0.29, 0.717) is 0 Å². The van der Waals surface area contributed by atoms with Gasteiger partial charge in [0.25, 0.3) is 0 Å². The zero-order valence-corrected chi connectivity index (χ0v) is 19.8. The summed E-state index contributed by atoms with van der Waals surface area (Å²) >= 11 is 0. The van der Waals surface area contributed by atoms with Crippen LogP contribution in [0.25, 0.3) is 16.7 Å². The first-order chi connectivity index (χ1) is 16.7. The molecule has 0 fully saturated rings. The third kappa shape index (κ3) is 6.11. The van der Waals surface area contributed by atoms with Crippen LogP contribution in [0.15, 0.2) is 159 Å². The molecule has 3 aromatic rings. The highest BCUT2D eigenvalue weighted by molar-refractivity contribution is 5.78. The second kappa shape index (κ2) is 12.6. The monoisotopic (exact) mass is 441 g/mol. The molecule has 0 spiro atoms. The van der Waals surface area contributed by atoms with Gasteiger partial charge in [0, 0.05) is 17.1 Å². The summed E-state index contributed by atoms with van der Waals surface area (Å²) in [4.78, 5) is 2.20. The summed E-state index contributed by atoms with van der Waals surface area (Å²) < 4.78 is 0. The number of hydrogen-bond donors (Lipinski definition) is 0. The van der Waals surface area contributed by atoms with E-state index in [1.807, 2.05) is 55.5 Å². The van der Waals surface area contributed by atoms with Crippen molar-refractivity contribution in [1.82, 2.24) is 0 Å². The van der Waals surface area contributed by atoms with Gasteiger partial charge in [0.15, 0.2) is 0 Å². The van der Waals surface area contributed by atoms with E-state index in [-0.39, 0.29) is 0 Å². The molecule has 0 unspecified atom stereocenters. The molecule has 0 aliphatic rings. The minimum Gasteiger partial charge on any atom is -0.311 e. The Morgan fingerprint density at radius 3 is 1.85 bits per heavy atom. The SMILES string of the molecule is C=C/C=C\C=C(/C=C)N(c1ccc(C(/C=C\C)=C/C=C)cc1)c1ccc(-c2ccccc2)cc1. The molecular weight excluding hydrogens is 410 g/mol. The van der Waals surface area contributed by atoms with Gasteiger partial charge in [0.2, 0.25) is 0 Å². The van der Waals surface area contributed by atoms with Crippen LogP contribution < -0.4 is 4.90 Å². The van der Waals surface area contributed by atoms with Gasteiger partial charge in [0.1, 0.15) is 0 Å². The molecule has 0 heterocycles. The number of hydrogen-bond acceptors (Lipinski definition) is 1. The summed E-state index contributed by atoms with van der Waals surface area (Å²) in [7, 11) is 0. The second-order valence-electron chi connectivity index (χ2n) is 7.57. The van der Waals surface area contributed by atoms with E-state index >= 15 is 0 Å². The maximum absolute atomic E-state index is 4.07. The van der Waals surface area contributed by atoms with Gasteiger partial charge in [-0.25, -0.2) is 0 Å². The predicted octanol–water partition coefficient (Wildman–Crippen LogP) is 9.45. The van der Waals surface area contributed by atoms with Crippen molar-refractivity contribution in [2.45, 2.75) is 6.92 Å². The largest absolute Gasteiger partial charge is 0.311 e. The predicted molar refractivity (Wildman–Crippen MR) is 151 cm³/mol. The molecule has 0 N–H and O–H groups in total. The van der Waals surface area contributed by atoms with E-state index in [2.05, 4.69) is 104 Å². The molecule has 3 aromatic carbocycles. The van der Waals surface area contributed by atoms with Crippen molar-refractivity contribution in [2.24, 2.45) is 0 Å². The Balaban J connectivity index is 2.06. The van der Waals surface area contributed by atoms with E-state index in [1.54, 1.807) is 6.08 Å². The fraction of sp³-hybridized carbons (Fsp3) is 0.0303. The fourth-order valence-electron chi connectivity index (χ4n) is 3.70. The van der Waals surface area contributed by atoms with Crippen LogP contribution in [0.3, 0.4) is 0 Å². The van der Waals surface area contributed by atoms with Crippen LogP contribution in [0.5, 0.6) is 0 Å². The van der Waals surface area contributed by atoms with Crippen LogP contribution in [0, 0.1) is 0 Å². The van der Waals surface area contributed by atoms with Crippen LogP contribution in [0.4, 0.5) is 11.4 Å². The number of allylic oxidation sites excluding steroid dienone is 10. The average molecular weight is 442 g/mol. The number of nitrogens with zero attached hydrogens (tertiary/aromatic N) is 1. The molecule has 0 aliphatic carbocycles. The van der Waals surface area contributed by atoms with E-state index < -0.39 is 0 Å². The standard InChI is InChI=1S/C33H31N/c1-5-9-11-18-31(8-4)34(32-23-19-29(20-24-32)27(14-6-2)15-7-3)33-25-21-30(22-26-33)28-16-12-10-13-17-28/h5-26H,1-2,4H2,3H3/b11-9-,15-7-,27-14+,31-18+. The number of anilines is 2. The Kier molecular flexibility index (Phi) is 9.01. The third-order valence-electron chi connectivity index (χ3n) is 5.32. The Hall–Kier alpha value is -4.36. The summed E-state index contributed by atoms with van der Waals surface area (Å²) in [5.74, 6) is 0. The summed E-state index contributed by atoms with van der Waals surface area (Å²) in [5.41, 5.74) is 7.71. The quantitative estimate of drug-likeness (QED) is 0.283. The highest BCUT2D eigenvalue weighted by Gasteiger charge is 2.13. The van der Waals surface area contributed by atoms with Crippen LogP contribution in [0.2, 0.25) is 0 Å². The third-order valence-corrected chi connectivity index (χ3v) is 5.32. The summed E-state index contributed by atoms with van der Waals surface area (Å²) in [6.07, 6.45) is 17.5. The van der Waals surface area contributed by atoms with Crippen molar-refractivity contribution >= 4 is 16.9 Å². The molecule has 1 heteroatoms. The van der Waals surface area contributed by atoms with E-state index in [9.17, 15) is 0 Å². The molecule has 3 rings (SSSR count). The number of rotatable bonds is 10. The first-order valence-corrected chi connectivity index (χ1v) is 11.3. The van der Waals surface area contributed by atoms with Crippen LogP contribution in [-0.4, -0.2) is 0 Å². The topological polar surface area (TPSA) is 3.24 Å². The molecule has 0 saturated carbocycles. The van der Waals surface area contributed by atoms with Crippen molar-refractivity contribution in [3.63, 3.8) is 0 Å². The van der Waals surface area contributed by atoms with Gasteiger partial charge in [-0.1, -0.05) is 117 Å². The molecule has 0 bridgehead atoms. The van der Waals surface area contributed by atoms with Crippen molar-refractivity contribution in [2.75, 3.05) is 4.90 Å². The lowest BCUT2D eigenvalue weighted by Gasteiger charge is -2.26. The number of benzene rings is 3. The molecule has 0 aliphatic heterocycles. The lowest BCUT2D eigenvalue weighted by Crippen LogP contribution is -2.15. The van der Waals surface area contributed by atoms with Gasteiger partial charge in [-0.3, -0.25) is 0 Å². The van der Waals surface area contributed by atoms with E-state index in [1.165, 1.54) is 11.1 Å². The molecule has 0 saturated heterocycles. The first kappa shape index (κ1) is 24.3. The minimum absolute atomic E-state index is 0.966. The lowest BCUT2D eigenvalue weighted by atomic mass is 10.0. The van der Waals surface area contributed by atoms with Crippen molar-refractivity contribution < 1.29 is 0 Å². The maximum atomic E-state index is 4.07. The van der Waals surface area contributed by atoms with Crippen molar-refractivity contribution in [1.29, 1.82) is 0 Å². The molecule has 0 radical (unpaired) electrons. The van der Waals surface area contributed by atoms with Crippen LogP contribution >= 0.6 is 0 Å². The molecule has 0 amide bonds. The smallest absolute Gasteiger partial charge is 0.0462 e. The Labute approximate surface area is 204 Å². The van der Waals surface area contributed by atoms with E-state index in [0.717, 1.165) is 28.2 Å². The Morgan fingerprint density at radius 2 is 1.29 bits per heavy atom. The maximum Gasteiger partial charge on any atom is 0.0462 e. The van der Waals surface area contributed by atoms with Gasteiger partial charge in [-0.2, -0.15) is 0 Å². The average Bonchev–Trinajstić information content (AvgIpc) is 2.89. The van der Waals surface area contributed by atoms with Crippen molar-refractivity contribution in [3.8, 4) is 11.1 Å². The van der Waals surface area contributed by atoms with Crippen LogP contribution in [0.1, 0.15) is 12.5 Å². The van der Waals surface area contributed by atoms with E-state index in [4.69, 9.17) is 0 Å². The molecule has 0 atom stereocenters. The zero-order chi connectivity index (χ0) is 24.2. The van der Waals surface area contributed by atoms with Gasteiger partial charge in [-0.05, 0) is 65.6 Å². The summed E-state index contributed by atoms with van der Waals surface area (Å²) in [6.45, 7) is 13.7. The zero-order valence-electron chi connectivity index (χ0n) is 19.8. The molecule has 34 heavy (non-hydrogen) atoms. The molecule has 168 valence electrons. The molecule has 0 aromatic heterocycles.